The molecule has 0 aromatic carbocycles. The normalized spacial score (nSPS) is 11.1. The molecule has 0 aliphatic carbocycles. The van der Waals surface area contributed by atoms with Gasteiger partial charge < -0.3 is 0 Å². The van der Waals surface area contributed by atoms with Gasteiger partial charge >= 0.3 is 0 Å². The number of sulfone groups is 1. The van der Waals surface area contributed by atoms with Crippen molar-refractivity contribution in [1.82, 2.24) is 0 Å². The van der Waals surface area contributed by atoms with Crippen LogP contribution < -0.4 is 0 Å². The highest BCUT2D eigenvalue weighted by atomic mass is 32.2. The van der Waals surface area contributed by atoms with Crippen LogP contribution in [-0.4, -0.2) is 30.2 Å². The van der Waals surface area contributed by atoms with Crippen molar-refractivity contribution in [1.29, 1.82) is 0 Å². The Kier molecular flexibility index (Phi) is 4.12. The lowest BCUT2D eigenvalue weighted by molar-refractivity contribution is -0.112. The van der Waals surface area contributed by atoms with Gasteiger partial charge in [0.1, 0.15) is 0 Å². The standard InChI is InChI=1S/C4H6O4S3/c5-3(1-9)11(7,8)4(6)2-10/h9-10H,1-2H2. The summed E-state index contributed by atoms with van der Waals surface area (Å²) in [6.45, 7) is 0. The maximum atomic E-state index is 10.7. The minimum Gasteiger partial charge on any atom is -0.280 e. The van der Waals surface area contributed by atoms with Gasteiger partial charge in [-0.15, -0.1) is 0 Å². The zero-order chi connectivity index (χ0) is 9.07. The zero-order valence-corrected chi connectivity index (χ0v) is 7.96. The Morgan fingerprint density at radius 3 is 1.45 bits per heavy atom. The minimum atomic E-state index is -4.27. The van der Waals surface area contributed by atoms with Gasteiger partial charge in [-0.2, -0.15) is 25.3 Å². The van der Waals surface area contributed by atoms with Crippen molar-refractivity contribution in [2.45, 2.75) is 0 Å². The highest BCUT2D eigenvalue weighted by Gasteiger charge is 2.28. The quantitative estimate of drug-likeness (QED) is 0.597. The lowest BCUT2D eigenvalue weighted by atomic mass is 10.9. The van der Waals surface area contributed by atoms with Gasteiger partial charge in [0.25, 0.3) is 20.1 Å². The summed E-state index contributed by atoms with van der Waals surface area (Å²) in [5.41, 5.74) is 0. The fourth-order valence-corrected chi connectivity index (χ4v) is 1.91. The Hall–Kier alpha value is -0.0100. The molecular weight excluding hydrogens is 208 g/mol. The van der Waals surface area contributed by atoms with Gasteiger partial charge in [-0.3, -0.25) is 9.59 Å². The molecule has 0 aromatic heterocycles. The third-order valence-corrected chi connectivity index (χ3v) is 3.35. The molecule has 11 heavy (non-hydrogen) atoms. The maximum absolute atomic E-state index is 10.7. The predicted molar refractivity (Wildman–Crippen MR) is 46.6 cm³/mol. The molecule has 0 saturated carbocycles. The van der Waals surface area contributed by atoms with Crippen LogP contribution in [0.5, 0.6) is 0 Å². The lowest BCUT2D eigenvalue weighted by Crippen LogP contribution is -2.25. The molecule has 0 fully saturated rings. The summed E-state index contributed by atoms with van der Waals surface area (Å²) < 4.78 is 21.4. The smallest absolute Gasteiger partial charge is 0.275 e. The highest BCUT2D eigenvalue weighted by molar-refractivity contribution is 8.20. The molecule has 0 aliphatic heterocycles. The van der Waals surface area contributed by atoms with E-state index in [4.69, 9.17) is 0 Å². The summed E-state index contributed by atoms with van der Waals surface area (Å²) in [5, 5.41) is -2.36. The van der Waals surface area contributed by atoms with E-state index in [0.717, 1.165) is 0 Å². The second kappa shape index (κ2) is 4.13. The topological polar surface area (TPSA) is 68.3 Å². The number of thiol groups is 2. The third-order valence-electron chi connectivity index (χ3n) is 0.858. The van der Waals surface area contributed by atoms with Crippen molar-refractivity contribution in [2.75, 3.05) is 11.5 Å². The molecule has 0 aromatic rings. The van der Waals surface area contributed by atoms with Crippen molar-refractivity contribution in [3.05, 3.63) is 0 Å². The van der Waals surface area contributed by atoms with Crippen molar-refractivity contribution in [2.24, 2.45) is 0 Å². The van der Waals surface area contributed by atoms with E-state index in [-0.39, 0.29) is 0 Å². The molecule has 7 heteroatoms. The second-order valence-electron chi connectivity index (χ2n) is 1.56. The largest absolute Gasteiger partial charge is 0.280 e. The molecule has 0 amide bonds. The van der Waals surface area contributed by atoms with Gasteiger partial charge in [-0.25, -0.2) is 8.42 Å². The maximum Gasteiger partial charge on any atom is 0.275 e. The summed E-state index contributed by atoms with van der Waals surface area (Å²) in [7, 11) is -4.27. The van der Waals surface area contributed by atoms with Crippen LogP contribution >= 0.6 is 25.3 Å². The van der Waals surface area contributed by atoms with Crippen LogP contribution in [0, 0.1) is 0 Å². The Morgan fingerprint density at radius 1 is 1.00 bits per heavy atom. The van der Waals surface area contributed by atoms with Gasteiger partial charge in [0.05, 0.1) is 11.5 Å². The fraction of sp³-hybridized carbons (Fsp3) is 0.500. The van der Waals surface area contributed by atoms with E-state index >= 15 is 0 Å². The Labute approximate surface area is 75.1 Å². The summed E-state index contributed by atoms with van der Waals surface area (Å²) >= 11 is 6.87. The Bertz CT molecular complexity index is 243. The van der Waals surface area contributed by atoms with E-state index in [2.05, 4.69) is 25.3 Å². The Balaban J connectivity index is 4.76. The van der Waals surface area contributed by atoms with Crippen LogP contribution in [0.3, 0.4) is 0 Å². The number of hydrogen-bond acceptors (Lipinski definition) is 6. The third kappa shape index (κ3) is 2.49. The van der Waals surface area contributed by atoms with Crippen LogP contribution in [0.4, 0.5) is 0 Å². The van der Waals surface area contributed by atoms with E-state index in [9.17, 15) is 18.0 Å². The zero-order valence-electron chi connectivity index (χ0n) is 5.35. The van der Waals surface area contributed by atoms with Gasteiger partial charge in [0.2, 0.25) is 0 Å². The first-order valence-corrected chi connectivity index (χ1v) is 5.24. The molecule has 0 radical (unpaired) electrons. The van der Waals surface area contributed by atoms with Crippen molar-refractivity contribution < 1.29 is 18.0 Å². The molecule has 0 unspecified atom stereocenters. The average molecular weight is 214 g/mol. The van der Waals surface area contributed by atoms with Crippen molar-refractivity contribution in [3.63, 3.8) is 0 Å². The van der Waals surface area contributed by atoms with Crippen LogP contribution in [0.15, 0.2) is 0 Å². The molecule has 0 bridgehead atoms. The predicted octanol–water partition coefficient (Wildman–Crippen LogP) is -0.686. The first kappa shape index (κ1) is 11.0. The van der Waals surface area contributed by atoms with Crippen LogP contribution in [0.1, 0.15) is 0 Å². The molecule has 0 heterocycles. The molecule has 0 aliphatic rings. The van der Waals surface area contributed by atoms with Gasteiger partial charge in [0, 0.05) is 0 Å². The highest BCUT2D eigenvalue weighted by Crippen LogP contribution is 1.97. The Morgan fingerprint density at radius 2 is 1.27 bits per heavy atom. The van der Waals surface area contributed by atoms with Gasteiger partial charge in [0.15, 0.2) is 0 Å². The summed E-state index contributed by atoms with van der Waals surface area (Å²) in [4.78, 5) is 21.0. The first-order chi connectivity index (χ1) is 4.96. The lowest BCUT2D eigenvalue weighted by Gasteiger charge is -1.94. The number of hydrogen-bond donors (Lipinski definition) is 2. The molecule has 0 spiro atoms. The number of carbonyl (C=O) groups is 2. The van der Waals surface area contributed by atoms with Crippen LogP contribution in [0.2, 0.25) is 0 Å². The SMILES string of the molecule is O=C(CS)S(=O)(=O)C(=O)CS. The van der Waals surface area contributed by atoms with Crippen LogP contribution in [0.25, 0.3) is 0 Å². The van der Waals surface area contributed by atoms with E-state index in [1.807, 2.05) is 0 Å². The van der Waals surface area contributed by atoms with E-state index in [0.29, 0.717) is 0 Å². The molecular formula is C4H6O4S3. The molecule has 4 nitrogen and oxygen atoms in total. The van der Waals surface area contributed by atoms with Crippen LogP contribution in [-0.2, 0) is 19.4 Å². The molecule has 64 valence electrons. The summed E-state index contributed by atoms with van der Waals surface area (Å²) in [6, 6.07) is 0. The van der Waals surface area contributed by atoms with Gasteiger partial charge in [-0.05, 0) is 0 Å². The van der Waals surface area contributed by atoms with Gasteiger partial charge in [-0.1, -0.05) is 0 Å². The monoisotopic (exact) mass is 214 g/mol. The van der Waals surface area contributed by atoms with E-state index < -0.39 is 31.6 Å². The average Bonchev–Trinajstić information content (AvgIpc) is 2.01. The molecule has 0 N–H and O–H groups in total. The summed E-state index contributed by atoms with van der Waals surface area (Å²) in [5.74, 6) is -0.969. The second-order valence-corrected chi connectivity index (χ2v) is 4.11. The fourth-order valence-electron chi connectivity index (χ4n) is 0.297. The van der Waals surface area contributed by atoms with Crippen molar-refractivity contribution >= 4 is 45.3 Å². The molecule has 0 atom stereocenters. The number of rotatable bonds is 2. The number of carbonyl (C=O) groups excluding carboxylic acids is 2. The summed E-state index contributed by atoms with van der Waals surface area (Å²) in [6.07, 6.45) is 0. The minimum absolute atomic E-state index is 0.484. The molecule has 0 rings (SSSR count). The molecule has 0 saturated heterocycles. The van der Waals surface area contributed by atoms with E-state index in [1.54, 1.807) is 0 Å². The first-order valence-electron chi connectivity index (χ1n) is 2.49. The van der Waals surface area contributed by atoms with Crippen molar-refractivity contribution in [3.8, 4) is 0 Å². The van der Waals surface area contributed by atoms with E-state index in [1.165, 1.54) is 0 Å².